The van der Waals surface area contributed by atoms with E-state index in [4.69, 9.17) is 0 Å². The first-order valence-electron chi connectivity index (χ1n) is 7.67. The normalized spacial score (nSPS) is 12.4. The molecule has 0 unspecified atom stereocenters. The van der Waals surface area contributed by atoms with E-state index in [1.165, 1.54) is 12.1 Å². The smallest absolute Gasteiger partial charge is 0.350 e. The van der Waals surface area contributed by atoms with Gasteiger partial charge in [0.2, 0.25) is 0 Å². The van der Waals surface area contributed by atoms with Crippen molar-refractivity contribution in [3.8, 4) is 5.69 Å². The number of nitrogens with zero attached hydrogens (tertiary/aromatic N) is 2. The number of carbonyl (C=O) groups excluding carboxylic acids is 1. The molecule has 2 aromatic rings. The van der Waals surface area contributed by atoms with Gasteiger partial charge in [0, 0.05) is 12.6 Å². The van der Waals surface area contributed by atoms with Crippen LogP contribution >= 0.6 is 12.4 Å². The van der Waals surface area contributed by atoms with Crippen LogP contribution in [0.2, 0.25) is 0 Å². The molecule has 0 radical (unpaired) electrons. The number of carbonyl (C=O) groups is 1. The zero-order valence-corrected chi connectivity index (χ0v) is 14.9. The Kier molecular flexibility index (Phi) is 7.58. The number of alkyl halides is 3. The molecule has 0 saturated carbocycles. The molecular formula is C16H19ClF4N4O. The van der Waals surface area contributed by atoms with Gasteiger partial charge in [-0.15, -0.1) is 12.4 Å². The largest absolute Gasteiger partial charge is 0.434 e. The summed E-state index contributed by atoms with van der Waals surface area (Å²) in [5.74, 6) is -1.79. The van der Waals surface area contributed by atoms with Crippen LogP contribution in [0.25, 0.3) is 5.69 Å². The number of para-hydroxylation sites is 1. The molecule has 1 amide bonds. The van der Waals surface area contributed by atoms with Gasteiger partial charge < -0.3 is 10.6 Å². The van der Waals surface area contributed by atoms with Crippen LogP contribution in [0.3, 0.4) is 0 Å². The Bertz CT molecular complexity index is 748. The van der Waals surface area contributed by atoms with Crippen molar-refractivity contribution in [1.29, 1.82) is 0 Å². The minimum atomic E-state index is -4.88. The maximum Gasteiger partial charge on any atom is 0.434 e. The Morgan fingerprint density at radius 2 is 1.96 bits per heavy atom. The van der Waals surface area contributed by atoms with E-state index in [9.17, 15) is 22.4 Å². The number of hydrogen-bond acceptors (Lipinski definition) is 3. The summed E-state index contributed by atoms with van der Waals surface area (Å²) in [6, 6.07) is 4.81. The highest BCUT2D eigenvalue weighted by Gasteiger charge is 2.41. The Morgan fingerprint density at radius 1 is 1.31 bits per heavy atom. The summed E-state index contributed by atoms with van der Waals surface area (Å²) in [5, 5.41) is 9.03. The third-order valence-electron chi connectivity index (χ3n) is 3.48. The average molecular weight is 395 g/mol. The maximum atomic E-state index is 13.9. The lowest BCUT2D eigenvalue weighted by atomic mass is 10.2. The molecule has 1 heterocycles. The molecule has 0 aliphatic carbocycles. The molecule has 2 rings (SSSR count). The molecule has 0 bridgehead atoms. The summed E-state index contributed by atoms with van der Waals surface area (Å²) in [5.41, 5.74) is -2.35. The maximum absolute atomic E-state index is 13.9. The fourth-order valence-corrected chi connectivity index (χ4v) is 2.36. The van der Waals surface area contributed by atoms with Crippen LogP contribution in [-0.4, -0.2) is 34.8 Å². The molecular weight excluding hydrogens is 376 g/mol. The van der Waals surface area contributed by atoms with Crippen molar-refractivity contribution >= 4 is 18.3 Å². The lowest BCUT2D eigenvalue weighted by Gasteiger charge is -2.15. The van der Waals surface area contributed by atoms with E-state index < -0.39 is 29.2 Å². The molecule has 2 N–H and O–H groups in total. The van der Waals surface area contributed by atoms with Crippen LogP contribution in [0, 0.1) is 5.82 Å². The predicted molar refractivity (Wildman–Crippen MR) is 91.2 cm³/mol. The third kappa shape index (κ3) is 4.95. The van der Waals surface area contributed by atoms with Gasteiger partial charge in [-0.1, -0.05) is 19.1 Å². The highest BCUT2D eigenvalue weighted by Crippen LogP contribution is 2.34. The highest BCUT2D eigenvalue weighted by molar-refractivity contribution is 5.95. The van der Waals surface area contributed by atoms with E-state index in [2.05, 4.69) is 15.7 Å². The van der Waals surface area contributed by atoms with E-state index in [1.807, 2.05) is 6.92 Å². The topological polar surface area (TPSA) is 58.9 Å². The van der Waals surface area contributed by atoms with Gasteiger partial charge in [0.05, 0.1) is 11.8 Å². The summed E-state index contributed by atoms with van der Waals surface area (Å²) < 4.78 is 54.6. The van der Waals surface area contributed by atoms with E-state index in [-0.39, 0.29) is 30.7 Å². The van der Waals surface area contributed by atoms with E-state index in [0.29, 0.717) is 11.2 Å². The number of likely N-dealkylation sites (N-methyl/N-ethyl adjacent to an activating group) is 1. The number of nitrogens with one attached hydrogen (secondary N) is 2. The standard InChI is InChI=1S/C16H18F4N4O.ClH/c1-3-21-10(2)8-22-15(25)11-9-23-24(14(11)16(18,19)20)13-7-5-4-6-12(13)17;/h4-7,9-10,21H,3,8H2,1-2H3,(H,22,25);1H/t10-;/m1./s1. The summed E-state index contributed by atoms with van der Waals surface area (Å²) in [6.07, 6.45) is -4.08. The van der Waals surface area contributed by atoms with Gasteiger partial charge in [0.1, 0.15) is 11.5 Å². The molecule has 1 aromatic heterocycles. The van der Waals surface area contributed by atoms with Crippen LogP contribution in [0.4, 0.5) is 17.6 Å². The van der Waals surface area contributed by atoms with Crippen LogP contribution in [0.1, 0.15) is 29.9 Å². The van der Waals surface area contributed by atoms with Crippen LogP contribution < -0.4 is 10.6 Å². The van der Waals surface area contributed by atoms with Crippen molar-refractivity contribution in [2.45, 2.75) is 26.1 Å². The zero-order valence-electron chi connectivity index (χ0n) is 14.1. The second-order valence-corrected chi connectivity index (χ2v) is 5.44. The monoisotopic (exact) mass is 394 g/mol. The second kappa shape index (κ2) is 9.00. The lowest BCUT2D eigenvalue weighted by Crippen LogP contribution is -2.39. The number of benzene rings is 1. The van der Waals surface area contributed by atoms with E-state index in [1.54, 1.807) is 6.92 Å². The SMILES string of the molecule is CCN[C@H](C)CNC(=O)c1cnn(-c2ccccc2F)c1C(F)(F)F.Cl. The van der Waals surface area contributed by atoms with Gasteiger partial charge in [-0.2, -0.15) is 18.3 Å². The highest BCUT2D eigenvalue weighted by atomic mass is 35.5. The quantitative estimate of drug-likeness (QED) is 0.740. The third-order valence-corrected chi connectivity index (χ3v) is 3.48. The molecule has 0 aliphatic rings. The van der Waals surface area contributed by atoms with Crippen molar-refractivity contribution in [2.24, 2.45) is 0 Å². The Balaban J connectivity index is 0.00000338. The Hall–Kier alpha value is -2.13. The molecule has 1 atom stereocenters. The number of halogens is 5. The number of amides is 1. The van der Waals surface area contributed by atoms with Crippen LogP contribution in [0.5, 0.6) is 0 Å². The zero-order chi connectivity index (χ0) is 18.6. The molecule has 0 saturated heterocycles. The summed E-state index contributed by atoms with van der Waals surface area (Å²) in [4.78, 5) is 12.2. The van der Waals surface area contributed by atoms with Gasteiger partial charge in [0.25, 0.3) is 5.91 Å². The fraction of sp³-hybridized carbons (Fsp3) is 0.375. The van der Waals surface area contributed by atoms with Gasteiger partial charge in [0.15, 0.2) is 5.69 Å². The average Bonchev–Trinajstić information content (AvgIpc) is 2.98. The Morgan fingerprint density at radius 3 is 2.54 bits per heavy atom. The van der Waals surface area contributed by atoms with Crippen molar-refractivity contribution in [2.75, 3.05) is 13.1 Å². The molecule has 26 heavy (non-hydrogen) atoms. The molecule has 0 fully saturated rings. The number of aromatic nitrogens is 2. The first kappa shape index (κ1) is 21.9. The first-order chi connectivity index (χ1) is 11.8. The molecule has 0 aliphatic heterocycles. The second-order valence-electron chi connectivity index (χ2n) is 5.44. The van der Waals surface area contributed by atoms with Gasteiger partial charge in [-0.3, -0.25) is 4.79 Å². The van der Waals surface area contributed by atoms with Crippen LogP contribution in [0.15, 0.2) is 30.5 Å². The van der Waals surface area contributed by atoms with Crippen molar-refractivity contribution < 1.29 is 22.4 Å². The van der Waals surface area contributed by atoms with Crippen LogP contribution in [-0.2, 0) is 6.18 Å². The number of hydrogen-bond donors (Lipinski definition) is 2. The summed E-state index contributed by atoms with van der Waals surface area (Å²) in [7, 11) is 0. The van der Waals surface area contributed by atoms with Gasteiger partial charge in [-0.05, 0) is 25.6 Å². The van der Waals surface area contributed by atoms with E-state index in [0.717, 1.165) is 18.3 Å². The van der Waals surface area contributed by atoms with Gasteiger partial charge in [-0.25, -0.2) is 9.07 Å². The summed E-state index contributed by atoms with van der Waals surface area (Å²) in [6.45, 7) is 4.47. The molecule has 10 heteroatoms. The minimum absolute atomic E-state index is 0. The van der Waals surface area contributed by atoms with Crippen molar-refractivity contribution in [3.05, 3.63) is 47.5 Å². The molecule has 5 nitrogen and oxygen atoms in total. The number of rotatable bonds is 6. The van der Waals surface area contributed by atoms with Crippen molar-refractivity contribution in [1.82, 2.24) is 20.4 Å². The molecule has 1 aromatic carbocycles. The molecule has 0 spiro atoms. The predicted octanol–water partition coefficient (Wildman–Crippen LogP) is 3.18. The lowest BCUT2D eigenvalue weighted by molar-refractivity contribution is -0.143. The Labute approximate surface area is 154 Å². The first-order valence-corrected chi connectivity index (χ1v) is 7.67. The minimum Gasteiger partial charge on any atom is -0.350 e. The van der Waals surface area contributed by atoms with Gasteiger partial charge >= 0.3 is 6.18 Å². The summed E-state index contributed by atoms with van der Waals surface area (Å²) >= 11 is 0. The fourth-order valence-electron chi connectivity index (χ4n) is 2.36. The molecule has 144 valence electrons. The van der Waals surface area contributed by atoms with E-state index >= 15 is 0 Å². The van der Waals surface area contributed by atoms with Crippen molar-refractivity contribution in [3.63, 3.8) is 0 Å².